The SMILES string of the molecule is CCN(CC)C(=O)Cc1ccc(OC)c(S(=O)(=O)Cl)c1. The van der Waals surface area contributed by atoms with Crippen LogP contribution in [0.2, 0.25) is 0 Å². The predicted molar refractivity (Wildman–Crippen MR) is 77.7 cm³/mol. The monoisotopic (exact) mass is 319 g/mol. The first kappa shape index (κ1) is 16.8. The average Bonchev–Trinajstić information content (AvgIpc) is 2.39. The molecular formula is C13H18ClNO4S. The van der Waals surface area contributed by atoms with Gasteiger partial charge < -0.3 is 9.64 Å². The second kappa shape index (κ2) is 6.95. The molecule has 112 valence electrons. The van der Waals surface area contributed by atoms with E-state index in [1.165, 1.54) is 19.2 Å². The highest BCUT2D eigenvalue weighted by Crippen LogP contribution is 2.28. The molecule has 0 aliphatic rings. The second-order valence-electron chi connectivity index (χ2n) is 4.17. The Morgan fingerprint density at radius 1 is 1.30 bits per heavy atom. The molecule has 0 aliphatic carbocycles. The van der Waals surface area contributed by atoms with E-state index in [-0.39, 0.29) is 23.0 Å². The number of carbonyl (C=O) groups excluding carboxylic acids is 1. The Morgan fingerprint density at radius 2 is 1.90 bits per heavy atom. The zero-order valence-electron chi connectivity index (χ0n) is 11.7. The second-order valence-corrected chi connectivity index (χ2v) is 6.70. The maximum absolute atomic E-state index is 12.0. The lowest BCUT2D eigenvalue weighted by molar-refractivity contribution is -0.130. The molecule has 0 heterocycles. The third-order valence-corrected chi connectivity index (χ3v) is 4.31. The number of rotatable bonds is 6. The normalized spacial score (nSPS) is 11.2. The van der Waals surface area contributed by atoms with Gasteiger partial charge in [0, 0.05) is 23.8 Å². The number of hydrogen-bond donors (Lipinski definition) is 0. The van der Waals surface area contributed by atoms with Crippen LogP contribution >= 0.6 is 10.7 Å². The number of benzene rings is 1. The van der Waals surface area contributed by atoms with Crippen LogP contribution in [0.3, 0.4) is 0 Å². The standard InChI is InChI=1S/C13H18ClNO4S/c1-4-15(5-2)13(16)9-10-6-7-11(19-3)12(8-10)20(14,17)18/h6-8H,4-5,9H2,1-3H3. The number of likely N-dealkylation sites (N-methyl/N-ethyl adjacent to an activating group) is 1. The number of halogens is 1. The maximum atomic E-state index is 12.0. The average molecular weight is 320 g/mol. The van der Waals surface area contributed by atoms with Crippen molar-refractivity contribution in [1.82, 2.24) is 4.90 Å². The molecule has 1 amide bonds. The van der Waals surface area contributed by atoms with Crippen molar-refractivity contribution in [3.05, 3.63) is 23.8 Å². The van der Waals surface area contributed by atoms with Gasteiger partial charge in [-0.15, -0.1) is 0 Å². The van der Waals surface area contributed by atoms with Gasteiger partial charge >= 0.3 is 0 Å². The summed E-state index contributed by atoms with van der Waals surface area (Å²) in [6.45, 7) is 5.02. The molecule has 7 heteroatoms. The predicted octanol–water partition coefficient (Wildman–Crippen LogP) is 2.03. The van der Waals surface area contributed by atoms with Crippen LogP contribution in [0, 0.1) is 0 Å². The summed E-state index contributed by atoms with van der Waals surface area (Å²) in [7, 11) is 2.81. The third kappa shape index (κ3) is 4.11. The van der Waals surface area contributed by atoms with Gasteiger partial charge in [0.25, 0.3) is 9.05 Å². The van der Waals surface area contributed by atoms with Gasteiger partial charge in [-0.05, 0) is 31.5 Å². The highest BCUT2D eigenvalue weighted by Gasteiger charge is 2.19. The van der Waals surface area contributed by atoms with Crippen molar-refractivity contribution in [2.75, 3.05) is 20.2 Å². The molecule has 0 aliphatic heterocycles. The Labute approximate surface area is 123 Å². The number of carbonyl (C=O) groups is 1. The molecule has 1 aromatic carbocycles. The first-order valence-corrected chi connectivity index (χ1v) is 8.53. The molecule has 0 aromatic heterocycles. The van der Waals surface area contributed by atoms with E-state index in [1.54, 1.807) is 11.0 Å². The summed E-state index contributed by atoms with van der Waals surface area (Å²) in [5.74, 6) is 0.108. The first-order valence-electron chi connectivity index (χ1n) is 6.22. The highest BCUT2D eigenvalue weighted by atomic mass is 35.7. The largest absolute Gasteiger partial charge is 0.495 e. The molecule has 0 saturated heterocycles. The van der Waals surface area contributed by atoms with Gasteiger partial charge in [0.05, 0.1) is 13.5 Å². The van der Waals surface area contributed by atoms with E-state index < -0.39 is 9.05 Å². The lowest BCUT2D eigenvalue weighted by Gasteiger charge is -2.18. The molecule has 0 spiro atoms. The topological polar surface area (TPSA) is 63.7 Å². The van der Waals surface area contributed by atoms with Gasteiger partial charge in [-0.25, -0.2) is 8.42 Å². The Kier molecular flexibility index (Phi) is 5.83. The van der Waals surface area contributed by atoms with Crippen molar-refractivity contribution >= 4 is 25.6 Å². The Hall–Kier alpha value is -1.27. The zero-order valence-corrected chi connectivity index (χ0v) is 13.3. The summed E-state index contributed by atoms with van der Waals surface area (Å²) in [4.78, 5) is 13.6. The summed E-state index contributed by atoms with van der Waals surface area (Å²) < 4.78 is 27.9. The number of hydrogen-bond acceptors (Lipinski definition) is 4. The van der Waals surface area contributed by atoms with Gasteiger partial charge in [0.2, 0.25) is 5.91 Å². The van der Waals surface area contributed by atoms with Gasteiger partial charge in [0.15, 0.2) is 0 Å². The van der Waals surface area contributed by atoms with E-state index in [2.05, 4.69) is 0 Å². The minimum Gasteiger partial charge on any atom is -0.495 e. The highest BCUT2D eigenvalue weighted by molar-refractivity contribution is 8.13. The molecular weight excluding hydrogens is 302 g/mol. The van der Waals surface area contributed by atoms with Gasteiger partial charge in [-0.1, -0.05) is 6.07 Å². The molecule has 0 fully saturated rings. The fourth-order valence-electron chi connectivity index (χ4n) is 1.88. The van der Waals surface area contributed by atoms with E-state index in [9.17, 15) is 13.2 Å². The van der Waals surface area contributed by atoms with Crippen molar-refractivity contribution in [1.29, 1.82) is 0 Å². The van der Waals surface area contributed by atoms with Crippen LogP contribution in [-0.4, -0.2) is 39.4 Å². The summed E-state index contributed by atoms with van der Waals surface area (Å²) >= 11 is 0. The Morgan fingerprint density at radius 3 is 2.35 bits per heavy atom. The summed E-state index contributed by atoms with van der Waals surface area (Å²) in [5, 5.41) is 0. The zero-order chi connectivity index (χ0) is 15.3. The van der Waals surface area contributed by atoms with Gasteiger partial charge in [0.1, 0.15) is 10.6 Å². The van der Waals surface area contributed by atoms with Crippen LogP contribution in [0.25, 0.3) is 0 Å². The van der Waals surface area contributed by atoms with E-state index in [0.717, 1.165) is 0 Å². The van der Waals surface area contributed by atoms with Crippen LogP contribution in [0.4, 0.5) is 0 Å². The molecule has 0 radical (unpaired) electrons. The lowest BCUT2D eigenvalue weighted by atomic mass is 10.1. The van der Waals surface area contributed by atoms with Gasteiger partial charge in [-0.2, -0.15) is 0 Å². The molecule has 0 atom stereocenters. The smallest absolute Gasteiger partial charge is 0.264 e. The number of amides is 1. The molecule has 0 saturated carbocycles. The summed E-state index contributed by atoms with van der Waals surface area (Å²) in [6.07, 6.45) is 0.130. The number of nitrogens with zero attached hydrogens (tertiary/aromatic N) is 1. The van der Waals surface area contributed by atoms with Crippen molar-refractivity contribution in [3.8, 4) is 5.75 Å². The molecule has 0 unspecified atom stereocenters. The quantitative estimate of drug-likeness (QED) is 0.753. The van der Waals surface area contributed by atoms with Crippen molar-refractivity contribution in [2.45, 2.75) is 25.2 Å². The molecule has 5 nitrogen and oxygen atoms in total. The maximum Gasteiger partial charge on any atom is 0.264 e. The van der Waals surface area contributed by atoms with Crippen LogP contribution in [0.5, 0.6) is 5.75 Å². The first-order chi connectivity index (χ1) is 9.33. The van der Waals surface area contributed by atoms with E-state index in [1.807, 2.05) is 13.8 Å². The fraction of sp³-hybridized carbons (Fsp3) is 0.462. The Bertz CT molecular complexity index is 582. The van der Waals surface area contributed by atoms with E-state index in [4.69, 9.17) is 15.4 Å². The van der Waals surface area contributed by atoms with Crippen molar-refractivity contribution < 1.29 is 17.9 Å². The molecule has 1 rings (SSSR count). The van der Waals surface area contributed by atoms with Crippen LogP contribution < -0.4 is 4.74 Å². The molecule has 1 aromatic rings. The van der Waals surface area contributed by atoms with E-state index in [0.29, 0.717) is 18.7 Å². The molecule has 0 bridgehead atoms. The minimum atomic E-state index is -3.91. The Balaban J connectivity index is 3.07. The van der Waals surface area contributed by atoms with E-state index >= 15 is 0 Å². The molecule has 0 N–H and O–H groups in total. The van der Waals surface area contributed by atoms with Crippen molar-refractivity contribution in [2.24, 2.45) is 0 Å². The third-order valence-electron chi connectivity index (χ3n) is 2.96. The fourth-order valence-corrected chi connectivity index (χ4v) is 2.93. The van der Waals surface area contributed by atoms with Crippen LogP contribution in [0.15, 0.2) is 23.1 Å². The van der Waals surface area contributed by atoms with Crippen molar-refractivity contribution in [3.63, 3.8) is 0 Å². The van der Waals surface area contributed by atoms with Crippen LogP contribution in [0.1, 0.15) is 19.4 Å². The summed E-state index contributed by atoms with van der Waals surface area (Å²) in [6, 6.07) is 4.54. The minimum absolute atomic E-state index is 0.0573. The molecule has 20 heavy (non-hydrogen) atoms. The number of ether oxygens (including phenoxy) is 1. The van der Waals surface area contributed by atoms with Gasteiger partial charge in [-0.3, -0.25) is 4.79 Å². The van der Waals surface area contributed by atoms with Crippen LogP contribution in [-0.2, 0) is 20.3 Å². The number of methoxy groups -OCH3 is 1. The summed E-state index contributed by atoms with van der Waals surface area (Å²) in [5.41, 5.74) is 0.585. The lowest BCUT2D eigenvalue weighted by Crippen LogP contribution is -2.31.